The minimum absolute atomic E-state index is 0.0115. The number of nitrogens with zero attached hydrogens (tertiary/aromatic N) is 3. The second kappa shape index (κ2) is 11.6. The van der Waals surface area contributed by atoms with Gasteiger partial charge in [-0.2, -0.15) is 0 Å². The first-order valence-electron chi connectivity index (χ1n) is 10.7. The molecule has 4 aromatic rings. The van der Waals surface area contributed by atoms with Gasteiger partial charge in [0.2, 0.25) is 5.16 Å². The van der Waals surface area contributed by atoms with Crippen molar-refractivity contribution in [1.29, 1.82) is 0 Å². The maximum atomic E-state index is 11.9. The van der Waals surface area contributed by atoms with Crippen molar-refractivity contribution >= 4 is 41.1 Å². The van der Waals surface area contributed by atoms with Gasteiger partial charge in [-0.25, -0.2) is 9.78 Å². The summed E-state index contributed by atoms with van der Waals surface area (Å²) in [5.74, 6) is 0.368. The van der Waals surface area contributed by atoms with Gasteiger partial charge in [0.15, 0.2) is 5.82 Å². The molecule has 0 fully saturated rings. The summed E-state index contributed by atoms with van der Waals surface area (Å²) in [5.41, 5.74) is 2.03. The fraction of sp³-hybridized carbons (Fsp3) is 0.0800. The maximum Gasteiger partial charge on any atom is 0.342 e. The van der Waals surface area contributed by atoms with Crippen LogP contribution in [-0.2, 0) is 11.4 Å². The Morgan fingerprint density at radius 1 is 1.16 bits per heavy atom. The molecule has 0 bridgehead atoms. The molecule has 1 heterocycles. The molecule has 0 saturated heterocycles. The molecule has 0 spiro atoms. The second-order valence-corrected chi connectivity index (χ2v) is 8.95. The molecule has 0 aliphatic carbocycles. The molecule has 0 aliphatic rings. The molecule has 0 saturated carbocycles. The van der Waals surface area contributed by atoms with Crippen LogP contribution in [0.3, 0.4) is 0 Å². The number of nitro benzene ring substituents is 1. The third kappa shape index (κ3) is 6.66. The van der Waals surface area contributed by atoms with Crippen LogP contribution in [0.2, 0.25) is 5.02 Å². The smallest absolute Gasteiger partial charge is 0.342 e. The molecular formula is C25H19ClN4O6S. The first kappa shape index (κ1) is 25.7. The van der Waals surface area contributed by atoms with Crippen LogP contribution in [0.4, 0.5) is 5.69 Å². The highest BCUT2D eigenvalue weighted by Gasteiger charge is 2.16. The van der Waals surface area contributed by atoms with Crippen LogP contribution in [0.1, 0.15) is 11.1 Å². The van der Waals surface area contributed by atoms with Crippen molar-refractivity contribution in [3.05, 3.63) is 97.9 Å². The van der Waals surface area contributed by atoms with Crippen molar-refractivity contribution in [3.8, 4) is 22.9 Å². The highest BCUT2D eigenvalue weighted by molar-refractivity contribution is 8.04. The number of methoxy groups -OCH3 is 1. The largest absolute Gasteiger partial charge is 0.496 e. The predicted molar refractivity (Wildman–Crippen MR) is 139 cm³/mol. The maximum absolute atomic E-state index is 11.9. The summed E-state index contributed by atoms with van der Waals surface area (Å²) < 4.78 is 11.0. The fourth-order valence-corrected chi connectivity index (χ4v) is 4.08. The number of hydrogen-bond acceptors (Lipinski definition) is 8. The molecule has 10 nitrogen and oxygen atoms in total. The van der Waals surface area contributed by atoms with Crippen LogP contribution < -0.4 is 9.47 Å². The number of halogens is 1. The lowest BCUT2D eigenvalue weighted by Gasteiger charge is -2.07. The molecule has 0 unspecified atom stereocenters. The number of rotatable bonds is 10. The van der Waals surface area contributed by atoms with Crippen LogP contribution in [0.5, 0.6) is 11.5 Å². The molecule has 12 heteroatoms. The summed E-state index contributed by atoms with van der Waals surface area (Å²) in [4.78, 5) is 26.5. The van der Waals surface area contributed by atoms with Gasteiger partial charge in [0.1, 0.15) is 23.0 Å². The monoisotopic (exact) mass is 538 g/mol. The van der Waals surface area contributed by atoms with E-state index in [1.165, 1.54) is 25.3 Å². The molecule has 0 aliphatic heterocycles. The number of carboxylic acids is 1. The normalized spacial score (nSPS) is 11.2. The standard InChI is InChI=1S/C25H19ClN4O6S/c1-35-21-11-6-17(26)13-20(21)23-27-25(29-28-23)37-22(24(31)32)12-15-4-9-19(10-5-15)36-14-16-2-7-18(8-3-16)30(33)34/h2-13H,14H2,1H3,(H,31,32)(H,27,28,29)/b22-12-. The molecule has 4 rings (SSSR count). The van der Waals surface area contributed by atoms with E-state index in [4.69, 9.17) is 21.1 Å². The number of aromatic amines is 1. The number of non-ortho nitro benzene ring substituents is 1. The average molecular weight is 539 g/mol. The summed E-state index contributed by atoms with van der Waals surface area (Å²) in [6, 6.07) is 18.0. The van der Waals surface area contributed by atoms with E-state index in [-0.39, 0.29) is 22.4 Å². The summed E-state index contributed by atoms with van der Waals surface area (Å²) in [5, 5.41) is 28.1. The van der Waals surface area contributed by atoms with E-state index in [9.17, 15) is 20.0 Å². The highest BCUT2D eigenvalue weighted by atomic mass is 35.5. The third-order valence-corrected chi connectivity index (χ3v) is 6.14. The lowest BCUT2D eigenvalue weighted by atomic mass is 10.2. The molecule has 0 radical (unpaired) electrons. The van der Waals surface area contributed by atoms with Crippen LogP contribution in [0.25, 0.3) is 17.5 Å². The zero-order chi connectivity index (χ0) is 26.4. The number of benzene rings is 3. The molecule has 37 heavy (non-hydrogen) atoms. The molecular weight excluding hydrogens is 520 g/mol. The van der Waals surface area contributed by atoms with Gasteiger partial charge in [-0.05, 0) is 71.4 Å². The van der Waals surface area contributed by atoms with Crippen LogP contribution >= 0.6 is 23.4 Å². The van der Waals surface area contributed by atoms with Gasteiger partial charge in [0.25, 0.3) is 5.69 Å². The number of nitrogens with one attached hydrogen (secondary N) is 1. The van der Waals surface area contributed by atoms with Gasteiger partial charge in [-0.15, -0.1) is 5.10 Å². The Hall–Kier alpha value is -4.35. The number of hydrogen-bond donors (Lipinski definition) is 2. The zero-order valence-electron chi connectivity index (χ0n) is 19.3. The predicted octanol–water partition coefficient (Wildman–Crippen LogP) is 5.84. The van der Waals surface area contributed by atoms with Gasteiger partial charge in [0.05, 0.1) is 17.6 Å². The number of ether oxygens (including phenoxy) is 2. The summed E-state index contributed by atoms with van der Waals surface area (Å²) in [6.45, 7) is 0.230. The Kier molecular flexibility index (Phi) is 8.06. The van der Waals surface area contributed by atoms with E-state index in [1.54, 1.807) is 54.6 Å². The number of aromatic nitrogens is 3. The van der Waals surface area contributed by atoms with Crippen molar-refractivity contribution in [2.75, 3.05) is 7.11 Å². The van der Waals surface area contributed by atoms with Crippen molar-refractivity contribution in [2.24, 2.45) is 0 Å². The molecule has 188 valence electrons. The number of aliphatic carboxylic acids is 1. The minimum Gasteiger partial charge on any atom is -0.496 e. The van der Waals surface area contributed by atoms with Gasteiger partial charge < -0.3 is 14.6 Å². The number of carbonyl (C=O) groups is 1. The van der Waals surface area contributed by atoms with E-state index in [0.29, 0.717) is 33.5 Å². The van der Waals surface area contributed by atoms with Gasteiger partial charge in [0, 0.05) is 17.2 Å². The number of carboxylic acid groups (broad SMARTS) is 1. The van der Waals surface area contributed by atoms with E-state index in [2.05, 4.69) is 15.2 Å². The SMILES string of the molecule is COc1ccc(Cl)cc1-c1nc(S/C(=C\c2ccc(OCc3ccc([N+](=O)[O-])cc3)cc2)C(=O)O)n[nH]1. The zero-order valence-corrected chi connectivity index (χ0v) is 20.8. The van der Waals surface area contributed by atoms with Gasteiger partial charge in [-0.3, -0.25) is 15.2 Å². The van der Waals surface area contributed by atoms with Crippen molar-refractivity contribution in [2.45, 2.75) is 11.8 Å². The first-order valence-corrected chi connectivity index (χ1v) is 11.9. The fourth-order valence-electron chi connectivity index (χ4n) is 3.20. The Labute approximate surface area is 220 Å². The van der Waals surface area contributed by atoms with E-state index in [1.807, 2.05) is 0 Å². The third-order valence-electron chi connectivity index (χ3n) is 5.02. The van der Waals surface area contributed by atoms with Gasteiger partial charge in [-0.1, -0.05) is 23.7 Å². The quantitative estimate of drug-likeness (QED) is 0.110. The molecule has 1 aromatic heterocycles. The van der Waals surface area contributed by atoms with E-state index in [0.717, 1.165) is 17.3 Å². The Bertz CT molecular complexity index is 1460. The summed E-state index contributed by atoms with van der Waals surface area (Å²) in [7, 11) is 1.52. The Morgan fingerprint density at radius 3 is 2.54 bits per heavy atom. The molecule has 2 N–H and O–H groups in total. The van der Waals surface area contributed by atoms with E-state index < -0.39 is 10.9 Å². The van der Waals surface area contributed by atoms with Crippen LogP contribution in [0.15, 0.2) is 76.8 Å². The van der Waals surface area contributed by atoms with Crippen molar-refractivity contribution < 1.29 is 24.3 Å². The van der Waals surface area contributed by atoms with Crippen molar-refractivity contribution in [3.63, 3.8) is 0 Å². The average Bonchev–Trinajstić information content (AvgIpc) is 3.36. The molecule has 0 amide bonds. The topological polar surface area (TPSA) is 140 Å². The lowest BCUT2D eigenvalue weighted by Crippen LogP contribution is -1.98. The van der Waals surface area contributed by atoms with Crippen LogP contribution in [0, 0.1) is 10.1 Å². The second-order valence-electron chi connectivity index (χ2n) is 7.51. The highest BCUT2D eigenvalue weighted by Crippen LogP contribution is 2.33. The van der Waals surface area contributed by atoms with Crippen molar-refractivity contribution in [1.82, 2.24) is 15.2 Å². The number of nitro groups is 1. The van der Waals surface area contributed by atoms with Gasteiger partial charge >= 0.3 is 5.97 Å². The Balaban J connectivity index is 1.44. The number of H-pyrrole nitrogens is 1. The minimum atomic E-state index is -1.13. The summed E-state index contributed by atoms with van der Waals surface area (Å²) in [6.07, 6.45) is 1.50. The number of thioether (sulfide) groups is 1. The van der Waals surface area contributed by atoms with E-state index >= 15 is 0 Å². The van der Waals surface area contributed by atoms with Crippen LogP contribution in [-0.4, -0.2) is 38.3 Å². The lowest BCUT2D eigenvalue weighted by molar-refractivity contribution is -0.384. The first-order chi connectivity index (χ1) is 17.8. The molecule has 3 aromatic carbocycles. The molecule has 0 atom stereocenters. The Morgan fingerprint density at radius 2 is 1.89 bits per heavy atom. The summed E-state index contributed by atoms with van der Waals surface area (Å²) >= 11 is 6.98.